The van der Waals surface area contributed by atoms with E-state index in [2.05, 4.69) is 12.6 Å². The average Bonchev–Trinajstić information content (AvgIpc) is 3.00. The lowest BCUT2D eigenvalue weighted by Gasteiger charge is -2.18. The van der Waals surface area contributed by atoms with E-state index in [-0.39, 0.29) is 35.7 Å². The second-order valence-corrected chi connectivity index (χ2v) is 6.14. The number of imide groups is 2. The van der Waals surface area contributed by atoms with Crippen LogP contribution in [0.1, 0.15) is 27.7 Å². The molecule has 24 heavy (non-hydrogen) atoms. The number of carbonyl (C=O) groups is 4. The van der Waals surface area contributed by atoms with Crippen molar-refractivity contribution >= 4 is 48.0 Å². The van der Waals surface area contributed by atoms with Gasteiger partial charge in [0.15, 0.2) is 0 Å². The van der Waals surface area contributed by atoms with Crippen LogP contribution in [-0.2, 0) is 19.2 Å². The number of rotatable bonds is 3. The van der Waals surface area contributed by atoms with Gasteiger partial charge in [0.2, 0.25) is 0 Å². The van der Waals surface area contributed by atoms with Crippen molar-refractivity contribution in [3.05, 3.63) is 23.1 Å². The standard InChI is InChI=1S/C8H11NO2S.C7H9NO2.CH4S/c1-5(2)9-7(10)4-6(12-3)8(9)11;1-5(2)8-6(9)3-4-7(8)10;1-2/h4-5H,1-3H3;3-5H,1-2H3;2H,1H3. The average molecular weight is 373 g/mol. The maximum Gasteiger partial charge on any atom is 0.267 e. The number of thioether (sulfide) groups is 1. The molecule has 0 aromatic heterocycles. The van der Waals surface area contributed by atoms with Gasteiger partial charge in [-0.15, -0.1) is 11.8 Å². The van der Waals surface area contributed by atoms with Gasteiger partial charge in [0.05, 0.1) is 4.91 Å². The topological polar surface area (TPSA) is 74.8 Å². The lowest BCUT2D eigenvalue weighted by atomic mass is 10.3. The fourth-order valence-corrected chi connectivity index (χ4v) is 2.51. The largest absolute Gasteiger partial charge is 0.273 e. The molecule has 2 aliphatic rings. The van der Waals surface area contributed by atoms with Gasteiger partial charge in [0.1, 0.15) is 0 Å². The van der Waals surface area contributed by atoms with Crippen LogP contribution in [0, 0.1) is 0 Å². The molecular weight excluding hydrogens is 348 g/mol. The minimum Gasteiger partial charge on any atom is -0.273 e. The SMILES string of the molecule is CC(C)N1C(=O)C=CC1=O.CS.CSC1=CC(=O)N(C(C)C)C1=O. The fraction of sp³-hybridized carbons (Fsp3) is 0.500. The fourth-order valence-electron chi connectivity index (χ4n) is 2.02. The summed E-state index contributed by atoms with van der Waals surface area (Å²) in [5, 5.41) is 0. The quantitative estimate of drug-likeness (QED) is 0.605. The molecule has 6 nitrogen and oxygen atoms in total. The Bertz CT molecular complexity index is 550. The zero-order valence-electron chi connectivity index (χ0n) is 14.8. The molecule has 0 atom stereocenters. The van der Waals surface area contributed by atoms with Crippen LogP contribution in [0.4, 0.5) is 0 Å². The van der Waals surface area contributed by atoms with Crippen LogP contribution in [0.2, 0.25) is 0 Å². The molecule has 0 fully saturated rings. The smallest absolute Gasteiger partial charge is 0.267 e. The molecule has 0 radical (unpaired) electrons. The molecule has 0 unspecified atom stereocenters. The van der Waals surface area contributed by atoms with Gasteiger partial charge < -0.3 is 0 Å². The van der Waals surface area contributed by atoms with Gasteiger partial charge in [0.25, 0.3) is 23.6 Å². The summed E-state index contributed by atoms with van der Waals surface area (Å²) in [6.45, 7) is 7.27. The summed E-state index contributed by atoms with van der Waals surface area (Å²) in [7, 11) is 0. The summed E-state index contributed by atoms with van der Waals surface area (Å²) in [6.07, 6.45) is 7.47. The lowest BCUT2D eigenvalue weighted by Crippen LogP contribution is -2.36. The number of carbonyl (C=O) groups excluding carboxylic acids is 4. The van der Waals surface area contributed by atoms with Gasteiger partial charge in [-0.05, 0) is 40.2 Å². The van der Waals surface area contributed by atoms with Gasteiger partial charge in [0, 0.05) is 30.3 Å². The monoisotopic (exact) mass is 372 g/mol. The molecule has 0 N–H and O–H groups in total. The molecule has 0 aromatic rings. The number of nitrogens with zero attached hydrogens (tertiary/aromatic N) is 2. The number of thiol groups is 1. The number of hydrogen-bond acceptors (Lipinski definition) is 6. The molecule has 2 aliphatic heterocycles. The van der Waals surface area contributed by atoms with Crippen LogP contribution in [0.5, 0.6) is 0 Å². The van der Waals surface area contributed by atoms with Crippen LogP contribution in [-0.4, -0.2) is 58.0 Å². The molecule has 0 saturated heterocycles. The van der Waals surface area contributed by atoms with E-state index >= 15 is 0 Å². The highest BCUT2D eigenvalue weighted by molar-refractivity contribution is 8.03. The molecule has 134 valence electrons. The molecular formula is C16H24N2O4S2. The Morgan fingerprint density at radius 3 is 1.46 bits per heavy atom. The predicted molar refractivity (Wildman–Crippen MR) is 99.6 cm³/mol. The zero-order valence-corrected chi connectivity index (χ0v) is 16.5. The van der Waals surface area contributed by atoms with Gasteiger partial charge in [-0.1, -0.05) is 0 Å². The first-order valence-electron chi connectivity index (χ1n) is 7.33. The van der Waals surface area contributed by atoms with Crippen molar-refractivity contribution in [2.75, 3.05) is 12.5 Å². The van der Waals surface area contributed by atoms with Crippen molar-refractivity contribution in [3.8, 4) is 0 Å². The van der Waals surface area contributed by atoms with Crippen LogP contribution >= 0.6 is 24.4 Å². The molecule has 2 heterocycles. The Kier molecular flexibility index (Phi) is 9.69. The summed E-state index contributed by atoms with van der Waals surface area (Å²) < 4.78 is 0. The van der Waals surface area contributed by atoms with E-state index < -0.39 is 0 Å². The van der Waals surface area contributed by atoms with Crippen molar-refractivity contribution in [2.24, 2.45) is 0 Å². The van der Waals surface area contributed by atoms with Crippen molar-refractivity contribution in [1.29, 1.82) is 0 Å². The zero-order chi connectivity index (χ0) is 19.0. The molecule has 0 aromatic carbocycles. The molecule has 0 saturated carbocycles. The van der Waals surface area contributed by atoms with Crippen molar-refractivity contribution in [1.82, 2.24) is 9.80 Å². The Labute approximate surface area is 152 Å². The van der Waals surface area contributed by atoms with Crippen molar-refractivity contribution in [2.45, 2.75) is 39.8 Å². The number of amides is 4. The third-order valence-corrected chi connectivity index (χ3v) is 3.75. The van der Waals surface area contributed by atoms with Crippen LogP contribution < -0.4 is 0 Å². The minimum absolute atomic E-state index is 0.0324. The first-order chi connectivity index (χ1) is 11.2. The highest BCUT2D eigenvalue weighted by Gasteiger charge is 2.32. The van der Waals surface area contributed by atoms with E-state index in [1.807, 2.05) is 27.7 Å². The molecule has 0 bridgehead atoms. The Balaban J connectivity index is 0.000000405. The van der Waals surface area contributed by atoms with Crippen LogP contribution in [0.15, 0.2) is 23.1 Å². The first-order valence-corrected chi connectivity index (χ1v) is 9.45. The maximum absolute atomic E-state index is 11.4. The second kappa shape index (κ2) is 10.4. The van der Waals surface area contributed by atoms with E-state index in [1.165, 1.54) is 39.8 Å². The normalized spacial score (nSPS) is 16.5. The predicted octanol–water partition coefficient (Wildman–Crippen LogP) is 1.88. The van der Waals surface area contributed by atoms with E-state index in [9.17, 15) is 19.2 Å². The molecule has 0 aliphatic carbocycles. The van der Waals surface area contributed by atoms with E-state index in [1.54, 1.807) is 12.5 Å². The summed E-state index contributed by atoms with van der Waals surface area (Å²) in [5.41, 5.74) is 0. The van der Waals surface area contributed by atoms with Gasteiger partial charge >= 0.3 is 0 Å². The Hall–Kier alpha value is -1.54. The highest BCUT2D eigenvalue weighted by Crippen LogP contribution is 2.23. The van der Waals surface area contributed by atoms with Crippen LogP contribution in [0.3, 0.4) is 0 Å². The Morgan fingerprint density at radius 2 is 1.25 bits per heavy atom. The summed E-state index contributed by atoms with van der Waals surface area (Å²) in [4.78, 5) is 47.3. The second-order valence-electron chi connectivity index (χ2n) is 5.29. The first kappa shape index (κ1) is 22.5. The Morgan fingerprint density at radius 1 is 0.833 bits per heavy atom. The van der Waals surface area contributed by atoms with Crippen LogP contribution in [0.25, 0.3) is 0 Å². The number of hydrogen-bond donors (Lipinski definition) is 1. The molecule has 8 heteroatoms. The van der Waals surface area contributed by atoms with E-state index in [0.717, 1.165) is 0 Å². The summed E-state index contributed by atoms with van der Waals surface area (Å²) >= 11 is 4.84. The lowest BCUT2D eigenvalue weighted by molar-refractivity contribution is -0.140. The summed E-state index contributed by atoms with van der Waals surface area (Å²) in [5.74, 6) is -0.776. The maximum atomic E-state index is 11.4. The molecule has 2 rings (SSSR count). The van der Waals surface area contributed by atoms with Gasteiger partial charge in [-0.2, -0.15) is 12.6 Å². The highest BCUT2D eigenvalue weighted by atomic mass is 32.2. The van der Waals surface area contributed by atoms with Gasteiger partial charge in [-0.25, -0.2) is 0 Å². The molecule has 0 spiro atoms. The van der Waals surface area contributed by atoms with E-state index in [0.29, 0.717) is 4.91 Å². The summed E-state index contributed by atoms with van der Waals surface area (Å²) in [6, 6.07) is -0.0825. The minimum atomic E-state index is -0.208. The van der Waals surface area contributed by atoms with E-state index in [4.69, 9.17) is 0 Å². The molecule has 4 amide bonds. The third kappa shape index (κ3) is 5.52. The van der Waals surface area contributed by atoms with Crippen molar-refractivity contribution in [3.63, 3.8) is 0 Å². The van der Waals surface area contributed by atoms with Gasteiger partial charge in [-0.3, -0.25) is 29.0 Å². The van der Waals surface area contributed by atoms with Crippen molar-refractivity contribution < 1.29 is 19.2 Å². The third-order valence-electron chi connectivity index (χ3n) is 3.02.